The van der Waals surface area contributed by atoms with E-state index in [-0.39, 0.29) is 17.3 Å². The van der Waals surface area contributed by atoms with E-state index >= 15 is 0 Å². The van der Waals surface area contributed by atoms with Crippen LogP contribution in [0.25, 0.3) is 0 Å². The van der Waals surface area contributed by atoms with Gasteiger partial charge in [-0.2, -0.15) is 0 Å². The molecule has 2 N–H and O–H groups in total. The van der Waals surface area contributed by atoms with Crippen LogP contribution in [0.3, 0.4) is 0 Å². The van der Waals surface area contributed by atoms with E-state index in [1.165, 1.54) is 6.33 Å². The van der Waals surface area contributed by atoms with E-state index in [4.69, 9.17) is 0 Å². The van der Waals surface area contributed by atoms with Crippen LogP contribution >= 0.6 is 0 Å². The second-order valence-electron chi connectivity index (χ2n) is 4.32. The number of unbranched alkanes of at least 4 members (excludes halogenated alkanes) is 1. The standard InChI is InChI=1S/C13H16N6O2/c1-2-3-6-15-12-11(19(20)21)13(17-9-16-12)18-10-4-7-14-8-5-10/h4-5,7-9H,2-3,6H2,1H3,(H2,14,15,16,17,18). The fraction of sp³-hybridized carbons (Fsp3) is 0.308. The van der Waals surface area contributed by atoms with Gasteiger partial charge in [0, 0.05) is 24.6 Å². The molecule has 8 nitrogen and oxygen atoms in total. The molecule has 0 aromatic carbocycles. The molecule has 8 heteroatoms. The van der Waals surface area contributed by atoms with Crippen LogP contribution in [0.5, 0.6) is 0 Å². The lowest BCUT2D eigenvalue weighted by Gasteiger charge is -2.09. The van der Waals surface area contributed by atoms with Crippen LogP contribution in [0.1, 0.15) is 19.8 Å². The average molecular weight is 288 g/mol. The van der Waals surface area contributed by atoms with Gasteiger partial charge in [-0.15, -0.1) is 0 Å². The summed E-state index contributed by atoms with van der Waals surface area (Å²) < 4.78 is 0. The molecule has 110 valence electrons. The number of pyridine rings is 1. The van der Waals surface area contributed by atoms with Crippen molar-refractivity contribution in [3.63, 3.8) is 0 Å². The molecule has 2 aromatic heterocycles. The highest BCUT2D eigenvalue weighted by atomic mass is 16.6. The Kier molecular flexibility index (Phi) is 4.97. The van der Waals surface area contributed by atoms with Crippen molar-refractivity contribution in [3.05, 3.63) is 41.0 Å². The summed E-state index contributed by atoms with van der Waals surface area (Å²) in [5.41, 5.74) is 0.511. The molecule has 0 fully saturated rings. The first-order valence-electron chi connectivity index (χ1n) is 6.62. The Balaban J connectivity index is 2.28. The molecular weight excluding hydrogens is 272 g/mol. The zero-order valence-electron chi connectivity index (χ0n) is 11.6. The zero-order valence-corrected chi connectivity index (χ0v) is 11.6. The number of nitro groups is 1. The van der Waals surface area contributed by atoms with Crippen molar-refractivity contribution in [2.24, 2.45) is 0 Å². The first-order valence-corrected chi connectivity index (χ1v) is 6.62. The van der Waals surface area contributed by atoms with E-state index in [0.717, 1.165) is 12.8 Å². The summed E-state index contributed by atoms with van der Waals surface area (Å²) in [6.07, 6.45) is 6.39. The third-order valence-electron chi connectivity index (χ3n) is 2.77. The molecule has 0 saturated heterocycles. The van der Waals surface area contributed by atoms with Gasteiger partial charge in [0.25, 0.3) is 0 Å². The second-order valence-corrected chi connectivity index (χ2v) is 4.32. The van der Waals surface area contributed by atoms with Crippen molar-refractivity contribution in [2.75, 3.05) is 17.2 Å². The van der Waals surface area contributed by atoms with Crippen molar-refractivity contribution in [3.8, 4) is 0 Å². The normalized spacial score (nSPS) is 10.1. The van der Waals surface area contributed by atoms with Crippen molar-refractivity contribution in [1.29, 1.82) is 0 Å². The highest BCUT2D eigenvalue weighted by molar-refractivity contribution is 5.73. The summed E-state index contributed by atoms with van der Waals surface area (Å²) in [7, 11) is 0. The Labute approximate surface area is 121 Å². The maximum atomic E-state index is 11.3. The van der Waals surface area contributed by atoms with Gasteiger partial charge in [0.2, 0.25) is 11.6 Å². The van der Waals surface area contributed by atoms with Crippen molar-refractivity contribution < 1.29 is 4.92 Å². The summed E-state index contributed by atoms with van der Waals surface area (Å²) in [5, 5.41) is 17.2. The quantitative estimate of drug-likeness (QED) is 0.458. The van der Waals surface area contributed by atoms with Gasteiger partial charge in [0.15, 0.2) is 0 Å². The minimum absolute atomic E-state index is 0.153. The van der Waals surface area contributed by atoms with E-state index < -0.39 is 4.92 Å². The van der Waals surface area contributed by atoms with Crippen molar-refractivity contribution in [1.82, 2.24) is 15.0 Å². The van der Waals surface area contributed by atoms with E-state index in [1.807, 2.05) is 6.92 Å². The molecule has 0 saturated carbocycles. The summed E-state index contributed by atoms with van der Waals surface area (Å²) in [5.74, 6) is 0.375. The third-order valence-corrected chi connectivity index (χ3v) is 2.77. The molecular formula is C13H16N6O2. The number of anilines is 3. The summed E-state index contributed by atoms with van der Waals surface area (Å²) in [6, 6.07) is 3.41. The molecule has 2 aromatic rings. The van der Waals surface area contributed by atoms with Crippen molar-refractivity contribution in [2.45, 2.75) is 19.8 Å². The number of nitrogens with one attached hydrogen (secondary N) is 2. The maximum Gasteiger partial charge on any atom is 0.353 e. The van der Waals surface area contributed by atoms with Gasteiger partial charge in [-0.3, -0.25) is 15.1 Å². The minimum atomic E-state index is -0.488. The number of hydrogen-bond donors (Lipinski definition) is 2. The number of nitrogens with zero attached hydrogens (tertiary/aromatic N) is 4. The van der Waals surface area contributed by atoms with Gasteiger partial charge in [-0.1, -0.05) is 13.3 Å². The second kappa shape index (κ2) is 7.13. The SMILES string of the molecule is CCCCNc1ncnc(Nc2ccncc2)c1[N+](=O)[O-]. The molecule has 0 aliphatic carbocycles. The topological polar surface area (TPSA) is 106 Å². The van der Waals surface area contributed by atoms with Crippen LogP contribution < -0.4 is 10.6 Å². The van der Waals surface area contributed by atoms with Gasteiger partial charge in [-0.05, 0) is 18.6 Å². The molecule has 0 spiro atoms. The highest BCUT2D eigenvalue weighted by Gasteiger charge is 2.22. The van der Waals surface area contributed by atoms with E-state index in [2.05, 4.69) is 25.6 Å². The minimum Gasteiger partial charge on any atom is -0.364 e. The van der Waals surface area contributed by atoms with Crippen LogP contribution in [-0.4, -0.2) is 26.4 Å². The van der Waals surface area contributed by atoms with Crippen LogP contribution in [0.15, 0.2) is 30.9 Å². The molecule has 2 rings (SSSR count). The Bertz CT molecular complexity index is 605. The number of aromatic nitrogens is 3. The summed E-state index contributed by atoms with van der Waals surface area (Å²) >= 11 is 0. The summed E-state index contributed by atoms with van der Waals surface area (Å²) in [4.78, 5) is 22.6. The molecule has 0 amide bonds. The fourth-order valence-corrected chi connectivity index (χ4v) is 1.73. The van der Waals surface area contributed by atoms with Crippen LogP contribution in [0, 0.1) is 10.1 Å². The molecule has 0 aliphatic rings. The predicted octanol–water partition coefficient (Wildman–Crippen LogP) is 2.74. The smallest absolute Gasteiger partial charge is 0.353 e. The van der Waals surface area contributed by atoms with Crippen LogP contribution in [-0.2, 0) is 0 Å². The van der Waals surface area contributed by atoms with Gasteiger partial charge in [0.1, 0.15) is 6.33 Å². The zero-order chi connectivity index (χ0) is 15.1. The van der Waals surface area contributed by atoms with Crippen LogP contribution in [0.4, 0.5) is 23.0 Å². The largest absolute Gasteiger partial charge is 0.364 e. The molecule has 0 bridgehead atoms. The van der Waals surface area contributed by atoms with Gasteiger partial charge in [0.05, 0.1) is 4.92 Å². The Morgan fingerprint density at radius 2 is 1.95 bits per heavy atom. The first kappa shape index (κ1) is 14.6. The Morgan fingerprint density at radius 1 is 1.24 bits per heavy atom. The molecule has 2 heterocycles. The molecule has 0 unspecified atom stereocenters. The number of hydrogen-bond acceptors (Lipinski definition) is 7. The maximum absolute atomic E-state index is 11.3. The van der Waals surface area contributed by atoms with Crippen molar-refractivity contribution >= 4 is 23.0 Å². The predicted molar refractivity (Wildman–Crippen MR) is 79.6 cm³/mol. The molecule has 0 atom stereocenters. The van der Waals surface area contributed by atoms with E-state index in [9.17, 15) is 10.1 Å². The monoisotopic (exact) mass is 288 g/mol. The van der Waals surface area contributed by atoms with Gasteiger partial charge in [-0.25, -0.2) is 9.97 Å². The Morgan fingerprint density at radius 3 is 2.62 bits per heavy atom. The molecule has 21 heavy (non-hydrogen) atoms. The fourth-order valence-electron chi connectivity index (χ4n) is 1.73. The molecule has 0 aliphatic heterocycles. The summed E-state index contributed by atoms with van der Waals surface area (Å²) in [6.45, 7) is 2.68. The van der Waals surface area contributed by atoms with Gasteiger partial charge >= 0.3 is 5.69 Å². The van der Waals surface area contributed by atoms with Crippen LogP contribution in [0.2, 0.25) is 0 Å². The lowest BCUT2D eigenvalue weighted by Crippen LogP contribution is -2.09. The van der Waals surface area contributed by atoms with E-state index in [0.29, 0.717) is 12.2 Å². The number of rotatable bonds is 7. The third kappa shape index (κ3) is 3.85. The first-order chi connectivity index (χ1) is 10.2. The Hall–Kier alpha value is -2.77. The molecule has 0 radical (unpaired) electrons. The lowest BCUT2D eigenvalue weighted by atomic mass is 10.3. The lowest BCUT2D eigenvalue weighted by molar-refractivity contribution is -0.383. The average Bonchev–Trinajstić information content (AvgIpc) is 2.48. The van der Waals surface area contributed by atoms with E-state index in [1.54, 1.807) is 24.5 Å². The van der Waals surface area contributed by atoms with Gasteiger partial charge < -0.3 is 10.6 Å². The highest BCUT2D eigenvalue weighted by Crippen LogP contribution is 2.30.